The molecule has 0 aromatic carbocycles. The number of rotatable bonds is 4. The van der Waals surface area contributed by atoms with E-state index in [1.807, 2.05) is 19.2 Å². The van der Waals surface area contributed by atoms with E-state index in [1.165, 1.54) is 18.1 Å². The van der Waals surface area contributed by atoms with Crippen molar-refractivity contribution >= 4 is 11.8 Å². The van der Waals surface area contributed by atoms with Crippen molar-refractivity contribution in [2.75, 3.05) is 6.54 Å². The van der Waals surface area contributed by atoms with Gasteiger partial charge in [0.05, 0.1) is 0 Å². The summed E-state index contributed by atoms with van der Waals surface area (Å²) in [6.45, 7) is 0.623. The number of hydrogen-bond acceptors (Lipinski definition) is 5. The van der Waals surface area contributed by atoms with Crippen LogP contribution in [0.5, 0.6) is 0 Å². The van der Waals surface area contributed by atoms with E-state index in [-0.39, 0.29) is 0 Å². The van der Waals surface area contributed by atoms with Gasteiger partial charge in [-0.3, -0.25) is 0 Å². The van der Waals surface area contributed by atoms with Crippen molar-refractivity contribution in [3.05, 3.63) is 30.2 Å². The number of pyridine rings is 1. The predicted molar refractivity (Wildman–Crippen MR) is 62.1 cm³/mol. The summed E-state index contributed by atoms with van der Waals surface area (Å²) >= 11 is 1.51. The molecule has 16 heavy (non-hydrogen) atoms. The zero-order valence-corrected chi connectivity index (χ0v) is 9.81. The highest BCUT2D eigenvalue weighted by Gasteiger charge is 2.08. The first-order chi connectivity index (χ1) is 7.81. The lowest BCUT2D eigenvalue weighted by atomic mass is 10.2. The topological polar surface area (TPSA) is 69.6 Å². The second-order valence-corrected chi connectivity index (χ2v) is 4.23. The van der Waals surface area contributed by atoms with Crippen LogP contribution in [0, 0.1) is 0 Å². The van der Waals surface area contributed by atoms with E-state index in [9.17, 15) is 0 Å². The fraction of sp³-hybridized carbons (Fsp3) is 0.300. The largest absolute Gasteiger partial charge is 0.330 e. The Kier molecular flexibility index (Phi) is 3.53. The minimum absolute atomic E-state index is 0.623. The van der Waals surface area contributed by atoms with E-state index in [4.69, 9.17) is 5.73 Å². The van der Waals surface area contributed by atoms with Crippen LogP contribution in [0.4, 0.5) is 0 Å². The van der Waals surface area contributed by atoms with E-state index < -0.39 is 0 Å². The van der Waals surface area contributed by atoms with Crippen LogP contribution in [0.1, 0.15) is 5.56 Å². The van der Waals surface area contributed by atoms with Gasteiger partial charge >= 0.3 is 0 Å². The van der Waals surface area contributed by atoms with Crippen LogP contribution in [0.2, 0.25) is 0 Å². The van der Waals surface area contributed by atoms with E-state index in [0.29, 0.717) is 6.54 Å². The molecule has 0 amide bonds. The van der Waals surface area contributed by atoms with Gasteiger partial charge in [0.2, 0.25) is 0 Å². The summed E-state index contributed by atoms with van der Waals surface area (Å²) in [6.07, 6.45) is 4.14. The number of aromatic nitrogens is 4. The summed E-state index contributed by atoms with van der Waals surface area (Å²) in [5, 5.41) is 5.80. The molecule has 0 aliphatic heterocycles. The molecule has 2 N–H and O–H groups in total. The molecule has 0 saturated carbocycles. The summed E-state index contributed by atoms with van der Waals surface area (Å²) in [5.74, 6) is 0. The molecular weight excluding hydrogens is 222 g/mol. The van der Waals surface area contributed by atoms with Gasteiger partial charge in [0.15, 0.2) is 5.16 Å². The Morgan fingerprint density at radius 1 is 1.44 bits per heavy atom. The van der Waals surface area contributed by atoms with E-state index in [0.717, 1.165) is 22.2 Å². The SMILES string of the molecule is Cn1ncnc1Sc1ncccc1CCN. The minimum Gasteiger partial charge on any atom is -0.330 e. The Morgan fingerprint density at radius 2 is 2.31 bits per heavy atom. The van der Waals surface area contributed by atoms with E-state index >= 15 is 0 Å². The highest BCUT2D eigenvalue weighted by molar-refractivity contribution is 7.99. The van der Waals surface area contributed by atoms with Crippen molar-refractivity contribution in [1.29, 1.82) is 0 Å². The van der Waals surface area contributed by atoms with Crippen LogP contribution in [-0.2, 0) is 13.5 Å². The Bertz CT molecular complexity index is 468. The average molecular weight is 235 g/mol. The number of hydrogen-bond donors (Lipinski definition) is 1. The Hall–Kier alpha value is -1.40. The summed E-state index contributed by atoms with van der Waals surface area (Å²) < 4.78 is 1.73. The number of nitrogens with zero attached hydrogens (tertiary/aromatic N) is 4. The lowest BCUT2D eigenvalue weighted by Crippen LogP contribution is -2.04. The second-order valence-electron chi connectivity index (χ2n) is 3.27. The van der Waals surface area contributed by atoms with Crippen molar-refractivity contribution in [3.63, 3.8) is 0 Å². The van der Waals surface area contributed by atoms with Crippen LogP contribution in [0.25, 0.3) is 0 Å². The zero-order chi connectivity index (χ0) is 11.4. The standard InChI is InChI=1S/C10H13N5S/c1-15-10(13-7-14-15)16-9-8(4-5-11)3-2-6-12-9/h2-3,6-7H,4-5,11H2,1H3. The second kappa shape index (κ2) is 5.09. The molecule has 2 rings (SSSR count). The first kappa shape index (κ1) is 11.1. The summed E-state index contributed by atoms with van der Waals surface area (Å²) in [6, 6.07) is 3.96. The molecule has 2 aromatic rings. The van der Waals surface area contributed by atoms with Gasteiger partial charge in [-0.15, -0.1) is 0 Å². The van der Waals surface area contributed by atoms with Gasteiger partial charge in [0, 0.05) is 13.2 Å². The zero-order valence-electron chi connectivity index (χ0n) is 9.00. The Labute approximate surface area is 98.1 Å². The third-order valence-corrected chi connectivity index (χ3v) is 3.23. The maximum Gasteiger partial charge on any atom is 0.192 e. The molecule has 0 radical (unpaired) electrons. The molecule has 6 heteroatoms. The Morgan fingerprint density at radius 3 is 3.00 bits per heavy atom. The molecule has 2 heterocycles. The summed E-state index contributed by atoms with van der Waals surface area (Å²) in [5.41, 5.74) is 6.71. The van der Waals surface area contributed by atoms with Gasteiger partial charge in [0.25, 0.3) is 0 Å². The van der Waals surface area contributed by atoms with Crippen molar-refractivity contribution in [2.24, 2.45) is 12.8 Å². The van der Waals surface area contributed by atoms with E-state index in [1.54, 1.807) is 10.9 Å². The molecule has 0 saturated heterocycles. The molecule has 5 nitrogen and oxygen atoms in total. The molecule has 0 atom stereocenters. The van der Waals surface area contributed by atoms with Gasteiger partial charge in [-0.05, 0) is 36.4 Å². The van der Waals surface area contributed by atoms with E-state index in [2.05, 4.69) is 15.1 Å². The van der Waals surface area contributed by atoms with Crippen molar-refractivity contribution < 1.29 is 0 Å². The summed E-state index contributed by atoms with van der Waals surface area (Å²) in [4.78, 5) is 8.50. The van der Waals surface area contributed by atoms with Gasteiger partial charge in [-0.1, -0.05) is 6.07 Å². The van der Waals surface area contributed by atoms with Crippen molar-refractivity contribution in [1.82, 2.24) is 19.7 Å². The number of nitrogens with two attached hydrogens (primary N) is 1. The van der Waals surface area contributed by atoms with Crippen molar-refractivity contribution in [3.8, 4) is 0 Å². The molecule has 0 spiro atoms. The molecule has 84 valence electrons. The lowest BCUT2D eigenvalue weighted by molar-refractivity contribution is 0.684. The van der Waals surface area contributed by atoms with Gasteiger partial charge in [-0.25, -0.2) is 14.6 Å². The maximum atomic E-state index is 5.56. The van der Waals surface area contributed by atoms with Crippen LogP contribution in [-0.4, -0.2) is 26.3 Å². The molecule has 0 fully saturated rings. The van der Waals surface area contributed by atoms with Gasteiger partial charge in [-0.2, -0.15) is 5.10 Å². The highest BCUT2D eigenvalue weighted by atomic mass is 32.2. The molecule has 0 unspecified atom stereocenters. The third-order valence-electron chi connectivity index (χ3n) is 2.12. The molecule has 0 aliphatic carbocycles. The van der Waals surface area contributed by atoms with Crippen LogP contribution >= 0.6 is 11.8 Å². The first-order valence-electron chi connectivity index (χ1n) is 4.97. The fourth-order valence-corrected chi connectivity index (χ4v) is 2.19. The summed E-state index contributed by atoms with van der Waals surface area (Å²) in [7, 11) is 1.86. The molecule has 0 bridgehead atoms. The quantitative estimate of drug-likeness (QED) is 0.851. The normalized spacial score (nSPS) is 10.6. The van der Waals surface area contributed by atoms with Gasteiger partial charge in [0.1, 0.15) is 11.4 Å². The van der Waals surface area contributed by atoms with Gasteiger partial charge < -0.3 is 5.73 Å². The smallest absolute Gasteiger partial charge is 0.192 e. The van der Waals surface area contributed by atoms with Crippen LogP contribution in [0.15, 0.2) is 34.8 Å². The highest BCUT2D eigenvalue weighted by Crippen LogP contribution is 2.26. The average Bonchev–Trinajstić information content (AvgIpc) is 2.68. The predicted octanol–water partition coefficient (Wildman–Crippen LogP) is 0.863. The molecule has 2 aromatic heterocycles. The molecule has 0 aliphatic rings. The monoisotopic (exact) mass is 235 g/mol. The molecular formula is C10H13N5S. The first-order valence-corrected chi connectivity index (χ1v) is 5.78. The minimum atomic E-state index is 0.623. The van der Waals surface area contributed by atoms with Crippen molar-refractivity contribution in [2.45, 2.75) is 16.6 Å². The number of aryl methyl sites for hydroxylation is 1. The third kappa shape index (κ3) is 2.40. The lowest BCUT2D eigenvalue weighted by Gasteiger charge is -2.05. The Balaban J connectivity index is 2.24. The van der Waals surface area contributed by atoms with Crippen LogP contribution < -0.4 is 5.73 Å². The fourth-order valence-electron chi connectivity index (χ4n) is 1.33. The maximum absolute atomic E-state index is 5.56. The van der Waals surface area contributed by atoms with Crippen LogP contribution in [0.3, 0.4) is 0 Å².